The standard InChI is InChI=1S/C16H15BrN2O2/c1-21-15-8-4-12(5-9-15)10-16(20)19-18-11-13-2-6-14(17)7-3-13/h2-9,11H,10H2,1H3,(H,19,20)/b18-11-. The number of rotatable bonds is 5. The van der Waals surface area contributed by atoms with E-state index in [2.05, 4.69) is 26.5 Å². The van der Waals surface area contributed by atoms with E-state index in [1.807, 2.05) is 48.5 Å². The van der Waals surface area contributed by atoms with E-state index in [9.17, 15) is 4.79 Å². The first-order valence-electron chi connectivity index (χ1n) is 6.38. The first-order chi connectivity index (χ1) is 10.2. The minimum atomic E-state index is -0.159. The van der Waals surface area contributed by atoms with Crippen LogP contribution in [0.25, 0.3) is 0 Å². The number of ether oxygens (including phenoxy) is 1. The van der Waals surface area contributed by atoms with Gasteiger partial charge in [-0.05, 0) is 35.4 Å². The Morgan fingerprint density at radius 3 is 2.48 bits per heavy atom. The van der Waals surface area contributed by atoms with Crippen LogP contribution in [0, 0.1) is 0 Å². The largest absolute Gasteiger partial charge is 0.497 e. The van der Waals surface area contributed by atoms with Crippen molar-refractivity contribution in [3.63, 3.8) is 0 Å². The van der Waals surface area contributed by atoms with Crippen molar-refractivity contribution >= 4 is 28.1 Å². The van der Waals surface area contributed by atoms with Crippen molar-refractivity contribution in [2.45, 2.75) is 6.42 Å². The summed E-state index contributed by atoms with van der Waals surface area (Å²) in [6.45, 7) is 0. The Kier molecular flexibility index (Phi) is 5.51. The van der Waals surface area contributed by atoms with Gasteiger partial charge in [-0.15, -0.1) is 0 Å². The van der Waals surface area contributed by atoms with Crippen molar-refractivity contribution in [3.8, 4) is 5.75 Å². The van der Waals surface area contributed by atoms with Crippen molar-refractivity contribution in [3.05, 3.63) is 64.1 Å². The Morgan fingerprint density at radius 2 is 1.86 bits per heavy atom. The molecule has 0 unspecified atom stereocenters. The Bertz CT molecular complexity index is 622. The van der Waals surface area contributed by atoms with Crippen molar-refractivity contribution in [2.24, 2.45) is 5.10 Å². The summed E-state index contributed by atoms with van der Waals surface area (Å²) in [5, 5.41) is 3.94. The fraction of sp³-hybridized carbons (Fsp3) is 0.125. The molecule has 0 aliphatic rings. The lowest BCUT2D eigenvalue weighted by Crippen LogP contribution is -2.19. The maximum atomic E-state index is 11.7. The van der Waals surface area contributed by atoms with Gasteiger partial charge >= 0.3 is 0 Å². The molecule has 0 aromatic heterocycles. The van der Waals surface area contributed by atoms with Crippen LogP contribution < -0.4 is 10.2 Å². The SMILES string of the molecule is COc1ccc(CC(=O)N/N=C\c2ccc(Br)cc2)cc1. The van der Waals surface area contributed by atoms with Crippen LogP contribution in [0.2, 0.25) is 0 Å². The zero-order valence-electron chi connectivity index (χ0n) is 11.5. The summed E-state index contributed by atoms with van der Waals surface area (Å²) in [4.78, 5) is 11.7. The molecule has 21 heavy (non-hydrogen) atoms. The lowest BCUT2D eigenvalue weighted by atomic mass is 10.1. The number of nitrogens with zero attached hydrogens (tertiary/aromatic N) is 1. The Hall–Kier alpha value is -2.14. The number of hydrogen-bond acceptors (Lipinski definition) is 3. The molecule has 0 fully saturated rings. The molecule has 4 nitrogen and oxygen atoms in total. The maximum Gasteiger partial charge on any atom is 0.244 e. The summed E-state index contributed by atoms with van der Waals surface area (Å²) >= 11 is 3.36. The summed E-state index contributed by atoms with van der Waals surface area (Å²) in [7, 11) is 1.61. The van der Waals surface area contributed by atoms with E-state index in [1.54, 1.807) is 13.3 Å². The molecular weight excluding hydrogens is 332 g/mol. The van der Waals surface area contributed by atoms with E-state index in [0.717, 1.165) is 21.3 Å². The Morgan fingerprint density at radius 1 is 1.19 bits per heavy atom. The van der Waals surface area contributed by atoms with Gasteiger partial charge in [0.05, 0.1) is 19.7 Å². The van der Waals surface area contributed by atoms with E-state index in [1.165, 1.54) is 0 Å². The fourth-order valence-electron chi connectivity index (χ4n) is 1.70. The third-order valence-electron chi connectivity index (χ3n) is 2.80. The van der Waals surface area contributed by atoms with Crippen LogP contribution in [-0.4, -0.2) is 19.2 Å². The van der Waals surface area contributed by atoms with Crippen molar-refractivity contribution in [1.29, 1.82) is 0 Å². The average Bonchev–Trinajstić information content (AvgIpc) is 2.50. The molecule has 0 saturated heterocycles. The summed E-state index contributed by atoms with van der Waals surface area (Å²) in [6, 6.07) is 15.0. The molecule has 0 radical (unpaired) electrons. The van der Waals surface area contributed by atoms with Gasteiger partial charge in [-0.2, -0.15) is 5.10 Å². The summed E-state index contributed by atoms with van der Waals surface area (Å²) < 4.78 is 6.07. The molecule has 2 rings (SSSR count). The Labute approximate surface area is 132 Å². The van der Waals surface area contributed by atoms with Crippen LogP contribution in [0.3, 0.4) is 0 Å². The topological polar surface area (TPSA) is 50.7 Å². The summed E-state index contributed by atoms with van der Waals surface area (Å²) in [5.74, 6) is 0.612. The van der Waals surface area contributed by atoms with Crippen LogP contribution in [0.1, 0.15) is 11.1 Å². The molecule has 0 atom stereocenters. The van der Waals surface area contributed by atoms with Gasteiger partial charge in [0, 0.05) is 4.47 Å². The normalized spacial score (nSPS) is 10.6. The number of benzene rings is 2. The number of carbonyl (C=O) groups excluding carboxylic acids is 1. The van der Waals surface area contributed by atoms with Gasteiger partial charge in [-0.1, -0.05) is 40.2 Å². The van der Waals surface area contributed by atoms with Crippen molar-refractivity contribution in [2.75, 3.05) is 7.11 Å². The predicted molar refractivity (Wildman–Crippen MR) is 86.6 cm³/mol. The number of methoxy groups -OCH3 is 1. The zero-order valence-corrected chi connectivity index (χ0v) is 13.1. The van der Waals surface area contributed by atoms with E-state index in [0.29, 0.717) is 0 Å². The van der Waals surface area contributed by atoms with Gasteiger partial charge in [0.15, 0.2) is 0 Å². The third-order valence-corrected chi connectivity index (χ3v) is 3.33. The first-order valence-corrected chi connectivity index (χ1v) is 7.17. The molecule has 1 amide bonds. The summed E-state index contributed by atoms with van der Waals surface area (Å²) in [5.41, 5.74) is 4.34. The van der Waals surface area contributed by atoms with Crippen LogP contribution in [0.5, 0.6) is 5.75 Å². The highest BCUT2D eigenvalue weighted by atomic mass is 79.9. The molecule has 0 spiro atoms. The van der Waals surface area contributed by atoms with Crippen LogP contribution >= 0.6 is 15.9 Å². The lowest BCUT2D eigenvalue weighted by molar-refractivity contribution is -0.120. The monoisotopic (exact) mass is 346 g/mol. The quantitative estimate of drug-likeness (QED) is 0.667. The number of hydrazone groups is 1. The van der Waals surface area contributed by atoms with Crippen molar-refractivity contribution in [1.82, 2.24) is 5.43 Å². The molecule has 0 heterocycles. The van der Waals surface area contributed by atoms with Gasteiger partial charge in [0.25, 0.3) is 0 Å². The summed E-state index contributed by atoms with van der Waals surface area (Å²) in [6.07, 6.45) is 1.89. The molecular formula is C16H15BrN2O2. The molecule has 108 valence electrons. The molecule has 0 saturated carbocycles. The van der Waals surface area contributed by atoms with Gasteiger partial charge < -0.3 is 4.74 Å². The second-order valence-electron chi connectivity index (χ2n) is 4.37. The maximum absolute atomic E-state index is 11.7. The molecule has 5 heteroatoms. The molecule has 2 aromatic rings. The second kappa shape index (κ2) is 7.59. The van der Waals surface area contributed by atoms with Crippen LogP contribution in [0.4, 0.5) is 0 Å². The van der Waals surface area contributed by atoms with E-state index in [4.69, 9.17) is 4.74 Å². The minimum absolute atomic E-state index is 0.159. The molecule has 0 aliphatic heterocycles. The van der Waals surface area contributed by atoms with Crippen molar-refractivity contribution < 1.29 is 9.53 Å². The van der Waals surface area contributed by atoms with Gasteiger partial charge in [0.2, 0.25) is 5.91 Å². The molecule has 0 aliphatic carbocycles. The van der Waals surface area contributed by atoms with Crippen LogP contribution in [-0.2, 0) is 11.2 Å². The second-order valence-corrected chi connectivity index (χ2v) is 5.29. The predicted octanol–water partition coefficient (Wildman–Crippen LogP) is 3.15. The lowest BCUT2D eigenvalue weighted by Gasteiger charge is -2.02. The molecule has 0 bridgehead atoms. The first kappa shape index (κ1) is 15.3. The number of amides is 1. The van der Waals surface area contributed by atoms with Crippen LogP contribution in [0.15, 0.2) is 58.1 Å². The number of nitrogens with one attached hydrogen (secondary N) is 1. The molecule has 1 N–H and O–H groups in total. The minimum Gasteiger partial charge on any atom is -0.497 e. The van der Waals surface area contributed by atoms with Gasteiger partial charge in [0.1, 0.15) is 5.75 Å². The van der Waals surface area contributed by atoms with Gasteiger partial charge in [-0.25, -0.2) is 5.43 Å². The molecule has 2 aromatic carbocycles. The number of hydrogen-bond donors (Lipinski definition) is 1. The van der Waals surface area contributed by atoms with Gasteiger partial charge in [-0.3, -0.25) is 4.79 Å². The number of halogens is 1. The average molecular weight is 347 g/mol. The zero-order chi connectivity index (χ0) is 15.1. The van der Waals surface area contributed by atoms with E-state index >= 15 is 0 Å². The third kappa shape index (κ3) is 5.04. The smallest absolute Gasteiger partial charge is 0.244 e. The highest BCUT2D eigenvalue weighted by Gasteiger charge is 2.02. The highest BCUT2D eigenvalue weighted by Crippen LogP contribution is 2.11. The van der Waals surface area contributed by atoms with E-state index < -0.39 is 0 Å². The number of carbonyl (C=O) groups is 1. The van der Waals surface area contributed by atoms with E-state index in [-0.39, 0.29) is 12.3 Å². The Balaban J connectivity index is 1.85. The highest BCUT2D eigenvalue weighted by molar-refractivity contribution is 9.10. The fourth-order valence-corrected chi connectivity index (χ4v) is 1.96.